The average Bonchev–Trinajstić information content (AvgIpc) is 2.60. The fourth-order valence-electron chi connectivity index (χ4n) is 1.25. The van der Waals surface area contributed by atoms with Crippen molar-refractivity contribution in [1.29, 1.82) is 0 Å². The van der Waals surface area contributed by atoms with Crippen molar-refractivity contribution in [3.05, 3.63) is 38.4 Å². The van der Waals surface area contributed by atoms with Gasteiger partial charge in [0.1, 0.15) is 16.8 Å². The maximum atomic E-state index is 5.84. The normalized spacial score (nSPS) is 10.4. The third-order valence-corrected chi connectivity index (χ3v) is 3.30. The van der Waals surface area contributed by atoms with E-state index >= 15 is 0 Å². The first kappa shape index (κ1) is 11.6. The van der Waals surface area contributed by atoms with Crippen LogP contribution >= 0.6 is 34.5 Å². The highest BCUT2D eigenvalue weighted by Crippen LogP contribution is 2.22. The van der Waals surface area contributed by atoms with Crippen LogP contribution < -0.4 is 5.32 Å². The van der Waals surface area contributed by atoms with Crippen LogP contribution in [0.2, 0.25) is 9.49 Å². The molecule has 0 radical (unpaired) electrons. The van der Waals surface area contributed by atoms with Gasteiger partial charge in [-0.2, -0.15) is 0 Å². The molecule has 0 atom stereocenters. The van der Waals surface area contributed by atoms with Crippen LogP contribution in [-0.4, -0.2) is 9.97 Å². The van der Waals surface area contributed by atoms with E-state index < -0.39 is 0 Å². The van der Waals surface area contributed by atoms with Crippen molar-refractivity contribution in [2.45, 2.75) is 13.5 Å². The van der Waals surface area contributed by atoms with Crippen molar-refractivity contribution < 1.29 is 0 Å². The van der Waals surface area contributed by atoms with Crippen LogP contribution in [0.1, 0.15) is 10.7 Å². The third-order valence-electron chi connectivity index (χ3n) is 1.88. The van der Waals surface area contributed by atoms with Crippen LogP contribution in [0.3, 0.4) is 0 Å². The summed E-state index contributed by atoms with van der Waals surface area (Å²) in [5.74, 6) is 1.38. The van der Waals surface area contributed by atoms with Crippen molar-refractivity contribution in [2.24, 2.45) is 0 Å². The van der Waals surface area contributed by atoms with E-state index in [0.717, 1.165) is 15.0 Å². The first-order valence-electron chi connectivity index (χ1n) is 4.63. The largest absolute Gasteiger partial charge is 0.365 e. The fraction of sp³-hybridized carbons (Fsp3) is 0.200. The van der Waals surface area contributed by atoms with E-state index in [0.29, 0.717) is 17.5 Å². The summed E-state index contributed by atoms with van der Waals surface area (Å²) in [6.07, 6.45) is 0. The van der Waals surface area contributed by atoms with Gasteiger partial charge in [0.05, 0.1) is 10.9 Å². The Morgan fingerprint density at radius 3 is 2.75 bits per heavy atom. The van der Waals surface area contributed by atoms with Gasteiger partial charge in [0.2, 0.25) is 0 Å². The molecule has 0 spiro atoms. The lowest BCUT2D eigenvalue weighted by Crippen LogP contribution is -2.01. The first-order chi connectivity index (χ1) is 7.63. The number of hydrogen-bond donors (Lipinski definition) is 1. The minimum atomic E-state index is 0.444. The molecule has 2 rings (SSSR count). The van der Waals surface area contributed by atoms with Crippen molar-refractivity contribution in [1.82, 2.24) is 9.97 Å². The number of rotatable bonds is 3. The molecule has 6 heteroatoms. The SMILES string of the molecule is Cc1nc(Cl)cc(NCc2ccc(Cl)s2)n1. The summed E-state index contributed by atoms with van der Waals surface area (Å²) in [6.45, 7) is 2.49. The molecule has 2 heterocycles. The molecule has 0 aromatic carbocycles. The number of hydrogen-bond acceptors (Lipinski definition) is 4. The lowest BCUT2D eigenvalue weighted by atomic mass is 10.4. The van der Waals surface area contributed by atoms with Gasteiger partial charge in [-0.25, -0.2) is 9.97 Å². The summed E-state index contributed by atoms with van der Waals surface area (Å²) < 4.78 is 0.786. The topological polar surface area (TPSA) is 37.8 Å². The summed E-state index contributed by atoms with van der Waals surface area (Å²) in [4.78, 5) is 9.36. The lowest BCUT2D eigenvalue weighted by molar-refractivity contribution is 1.03. The Bertz CT molecular complexity index is 478. The maximum absolute atomic E-state index is 5.84. The molecule has 84 valence electrons. The smallest absolute Gasteiger partial charge is 0.134 e. The molecule has 0 aliphatic heterocycles. The first-order valence-corrected chi connectivity index (χ1v) is 6.20. The van der Waals surface area contributed by atoms with E-state index in [9.17, 15) is 0 Å². The molecule has 3 nitrogen and oxygen atoms in total. The molecule has 1 N–H and O–H groups in total. The van der Waals surface area contributed by atoms with Gasteiger partial charge in [-0.1, -0.05) is 23.2 Å². The van der Waals surface area contributed by atoms with Crippen molar-refractivity contribution in [3.63, 3.8) is 0 Å². The monoisotopic (exact) mass is 273 g/mol. The minimum absolute atomic E-state index is 0.444. The zero-order chi connectivity index (χ0) is 11.5. The summed E-state index contributed by atoms with van der Waals surface area (Å²) in [5, 5.41) is 3.62. The molecule has 0 unspecified atom stereocenters. The Balaban J connectivity index is 2.04. The van der Waals surface area contributed by atoms with Crippen molar-refractivity contribution >= 4 is 40.4 Å². The van der Waals surface area contributed by atoms with E-state index in [2.05, 4.69) is 15.3 Å². The second-order valence-electron chi connectivity index (χ2n) is 3.18. The van der Waals surface area contributed by atoms with Crippen LogP contribution in [0.25, 0.3) is 0 Å². The van der Waals surface area contributed by atoms with Gasteiger partial charge in [-0.15, -0.1) is 11.3 Å². The van der Waals surface area contributed by atoms with E-state index in [1.807, 2.05) is 12.1 Å². The molecular weight excluding hydrogens is 265 g/mol. The summed E-state index contributed by atoms with van der Waals surface area (Å²) >= 11 is 13.2. The molecule has 16 heavy (non-hydrogen) atoms. The standard InChI is InChI=1S/C10H9Cl2N3S/c1-6-14-8(11)4-10(15-6)13-5-7-2-3-9(12)16-7/h2-4H,5H2,1H3,(H,13,14,15). The molecule has 0 saturated carbocycles. The number of aryl methyl sites for hydroxylation is 1. The van der Waals surface area contributed by atoms with Crippen molar-refractivity contribution in [2.75, 3.05) is 5.32 Å². The number of thiophene rings is 1. The van der Waals surface area contributed by atoms with Gasteiger partial charge in [0, 0.05) is 10.9 Å². The van der Waals surface area contributed by atoms with E-state index in [1.54, 1.807) is 24.3 Å². The number of nitrogens with zero attached hydrogens (tertiary/aromatic N) is 2. The highest BCUT2D eigenvalue weighted by Gasteiger charge is 2.01. The van der Waals surface area contributed by atoms with Gasteiger partial charge < -0.3 is 5.32 Å². The van der Waals surface area contributed by atoms with Gasteiger partial charge in [-0.3, -0.25) is 0 Å². The summed E-state index contributed by atoms with van der Waals surface area (Å²) in [6, 6.07) is 5.56. The predicted molar refractivity (Wildman–Crippen MR) is 68.4 cm³/mol. The molecule has 0 saturated heterocycles. The minimum Gasteiger partial charge on any atom is -0.365 e. The van der Waals surface area contributed by atoms with E-state index in [4.69, 9.17) is 23.2 Å². The Morgan fingerprint density at radius 2 is 2.12 bits per heavy atom. The molecule has 0 fully saturated rings. The molecule has 0 aliphatic carbocycles. The fourth-order valence-corrected chi connectivity index (χ4v) is 2.50. The van der Waals surface area contributed by atoms with Crippen LogP contribution in [-0.2, 0) is 6.54 Å². The summed E-state index contributed by atoms with van der Waals surface area (Å²) in [5.41, 5.74) is 0. The zero-order valence-electron chi connectivity index (χ0n) is 8.50. The number of anilines is 1. The second kappa shape index (κ2) is 4.99. The Kier molecular flexibility index (Phi) is 3.63. The van der Waals surface area contributed by atoms with Gasteiger partial charge >= 0.3 is 0 Å². The molecule has 2 aromatic rings. The summed E-state index contributed by atoms with van der Waals surface area (Å²) in [7, 11) is 0. The maximum Gasteiger partial charge on any atom is 0.134 e. The van der Waals surface area contributed by atoms with Crippen molar-refractivity contribution in [3.8, 4) is 0 Å². The molecule has 2 aromatic heterocycles. The highest BCUT2D eigenvalue weighted by atomic mass is 35.5. The van der Waals surface area contributed by atoms with Crippen LogP contribution in [0.5, 0.6) is 0 Å². The van der Waals surface area contributed by atoms with Crippen LogP contribution in [0.4, 0.5) is 5.82 Å². The van der Waals surface area contributed by atoms with Gasteiger partial charge in [0.15, 0.2) is 0 Å². The molecule has 0 aliphatic rings. The number of halogens is 2. The quantitative estimate of drug-likeness (QED) is 0.866. The van der Waals surface area contributed by atoms with Crippen LogP contribution in [0, 0.1) is 6.92 Å². The van der Waals surface area contributed by atoms with Gasteiger partial charge in [0.25, 0.3) is 0 Å². The highest BCUT2D eigenvalue weighted by molar-refractivity contribution is 7.16. The second-order valence-corrected chi connectivity index (χ2v) is 5.37. The molecular formula is C10H9Cl2N3S. The lowest BCUT2D eigenvalue weighted by Gasteiger charge is -2.04. The van der Waals surface area contributed by atoms with E-state index in [-0.39, 0.29) is 0 Å². The number of nitrogens with one attached hydrogen (secondary N) is 1. The molecule has 0 bridgehead atoms. The molecule has 0 amide bonds. The average molecular weight is 274 g/mol. The number of aromatic nitrogens is 2. The zero-order valence-corrected chi connectivity index (χ0v) is 10.8. The van der Waals surface area contributed by atoms with Gasteiger partial charge in [-0.05, 0) is 19.1 Å². The Labute approximate surface area is 107 Å². The Hall–Kier alpha value is -0.840. The third kappa shape index (κ3) is 3.07. The van der Waals surface area contributed by atoms with E-state index in [1.165, 1.54) is 0 Å². The predicted octanol–water partition coefficient (Wildman–Crippen LogP) is 3.77. The Morgan fingerprint density at radius 1 is 1.31 bits per heavy atom. The van der Waals surface area contributed by atoms with Crippen LogP contribution in [0.15, 0.2) is 18.2 Å².